The van der Waals surface area contributed by atoms with Crippen LogP contribution in [0.2, 0.25) is 0 Å². The third kappa shape index (κ3) is 2.19. The van der Waals surface area contributed by atoms with Gasteiger partial charge in [-0.05, 0) is 43.9 Å². The molecular formula is C16H18N2O2. The molecule has 2 fully saturated rings. The Morgan fingerprint density at radius 3 is 2.75 bits per heavy atom. The highest BCUT2D eigenvalue weighted by Crippen LogP contribution is 2.40. The lowest BCUT2D eigenvalue weighted by atomic mass is 10.1. The van der Waals surface area contributed by atoms with Gasteiger partial charge in [0, 0.05) is 17.5 Å². The largest absolute Gasteiger partial charge is 0.440 e. The quantitative estimate of drug-likeness (QED) is 0.930. The second-order valence-electron chi connectivity index (χ2n) is 5.96. The van der Waals surface area contributed by atoms with Gasteiger partial charge >= 0.3 is 0 Å². The molecule has 4 heteroatoms. The van der Waals surface area contributed by atoms with E-state index in [0.717, 1.165) is 29.8 Å². The van der Waals surface area contributed by atoms with Crippen molar-refractivity contribution in [3.63, 3.8) is 0 Å². The number of carbonyl (C=O) groups excluding carboxylic acids is 1. The third-order valence-corrected chi connectivity index (χ3v) is 4.28. The van der Waals surface area contributed by atoms with E-state index in [9.17, 15) is 4.79 Å². The lowest BCUT2D eigenvalue weighted by Gasteiger charge is -2.11. The predicted molar refractivity (Wildman–Crippen MR) is 75.7 cm³/mol. The van der Waals surface area contributed by atoms with E-state index >= 15 is 0 Å². The molecule has 2 aliphatic carbocycles. The number of nitrogens with one attached hydrogen (secondary N) is 1. The Hall–Kier alpha value is -1.84. The number of rotatable bonds is 3. The summed E-state index contributed by atoms with van der Waals surface area (Å²) < 4.78 is 5.76. The number of hydrogen-bond donors (Lipinski definition) is 1. The maximum Gasteiger partial charge on any atom is 0.251 e. The van der Waals surface area contributed by atoms with Gasteiger partial charge < -0.3 is 9.73 Å². The third-order valence-electron chi connectivity index (χ3n) is 4.28. The standard InChI is InChI=1S/C16H18N2O2/c19-15(17-12-3-1-2-4-12)11-7-8-13-14(9-11)20-16(18-13)10-5-6-10/h7-10,12H,1-6H2,(H,17,19). The minimum Gasteiger partial charge on any atom is -0.440 e. The summed E-state index contributed by atoms with van der Waals surface area (Å²) in [7, 11) is 0. The van der Waals surface area contributed by atoms with Gasteiger partial charge in [-0.2, -0.15) is 0 Å². The van der Waals surface area contributed by atoms with Crippen molar-refractivity contribution < 1.29 is 9.21 Å². The van der Waals surface area contributed by atoms with Crippen molar-refractivity contribution in [1.29, 1.82) is 0 Å². The lowest BCUT2D eigenvalue weighted by molar-refractivity contribution is 0.0938. The van der Waals surface area contributed by atoms with Crippen molar-refractivity contribution in [3.05, 3.63) is 29.7 Å². The van der Waals surface area contributed by atoms with Crippen LogP contribution in [0, 0.1) is 0 Å². The summed E-state index contributed by atoms with van der Waals surface area (Å²) in [4.78, 5) is 16.7. The summed E-state index contributed by atoms with van der Waals surface area (Å²) in [5.41, 5.74) is 2.25. The highest BCUT2D eigenvalue weighted by molar-refractivity contribution is 5.97. The Morgan fingerprint density at radius 2 is 2.00 bits per heavy atom. The molecule has 0 unspecified atom stereocenters. The number of fused-ring (bicyclic) bond motifs is 1. The van der Waals surface area contributed by atoms with E-state index in [1.54, 1.807) is 0 Å². The number of amides is 1. The molecule has 0 bridgehead atoms. The fourth-order valence-corrected chi connectivity index (χ4v) is 2.93. The Balaban J connectivity index is 1.57. The first-order chi connectivity index (χ1) is 9.79. The smallest absolute Gasteiger partial charge is 0.251 e. The van der Waals surface area contributed by atoms with Crippen molar-refractivity contribution in [3.8, 4) is 0 Å². The van der Waals surface area contributed by atoms with Crippen molar-refractivity contribution in [2.45, 2.75) is 50.5 Å². The van der Waals surface area contributed by atoms with E-state index in [0.29, 0.717) is 17.5 Å². The monoisotopic (exact) mass is 270 g/mol. The lowest BCUT2D eigenvalue weighted by Crippen LogP contribution is -2.32. The van der Waals surface area contributed by atoms with E-state index in [-0.39, 0.29) is 5.91 Å². The Morgan fingerprint density at radius 1 is 1.20 bits per heavy atom. The number of benzene rings is 1. The molecule has 2 aromatic rings. The van der Waals surface area contributed by atoms with E-state index in [2.05, 4.69) is 10.3 Å². The summed E-state index contributed by atoms with van der Waals surface area (Å²) in [5.74, 6) is 1.33. The van der Waals surface area contributed by atoms with Gasteiger partial charge in [0.05, 0.1) is 0 Å². The summed E-state index contributed by atoms with van der Waals surface area (Å²) in [5, 5.41) is 3.10. The van der Waals surface area contributed by atoms with Gasteiger partial charge in [-0.1, -0.05) is 12.8 Å². The normalized spacial score (nSPS) is 19.6. The zero-order valence-electron chi connectivity index (χ0n) is 11.4. The minimum atomic E-state index is 0.00294. The summed E-state index contributed by atoms with van der Waals surface area (Å²) in [6.07, 6.45) is 6.97. The first-order valence-corrected chi connectivity index (χ1v) is 7.51. The zero-order valence-corrected chi connectivity index (χ0v) is 11.4. The van der Waals surface area contributed by atoms with Crippen LogP contribution in [0.5, 0.6) is 0 Å². The second-order valence-corrected chi connectivity index (χ2v) is 5.96. The van der Waals surface area contributed by atoms with E-state index in [4.69, 9.17) is 4.42 Å². The first-order valence-electron chi connectivity index (χ1n) is 7.51. The highest BCUT2D eigenvalue weighted by atomic mass is 16.3. The number of hydrogen-bond acceptors (Lipinski definition) is 3. The molecule has 0 aliphatic heterocycles. The predicted octanol–water partition coefficient (Wildman–Crippen LogP) is 3.38. The van der Waals surface area contributed by atoms with E-state index in [1.807, 2.05) is 18.2 Å². The molecule has 1 N–H and O–H groups in total. The molecule has 0 saturated heterocycles. The van der Waals surface area contributed by atoms with Gasteiger partial charge in [0.2, 0.25) is 0 Å². The number of nitrogens with zero attached hydrogens (tertiary/aromatic N) is 1. The Labute approximate surface area is 117 Å². The van der Waals surface area contributed by atoms with Crippen LogP contribution in [-0.2, 0) is 0 Å². The SMILES string of the molecule is O=C(NC1CCCC1)c1ccc2nc(C3CC3)oc2c1. The fraction of sp³-hybridized carbons (Fsp3) is 0.500. The van der Waals surface area contributed by atoms with Crippen molar-refractivity contribution in [2.75, 3.05) is 0 Å². The summed E-state index contributed by atoms with van der Waals surface area (Å²) in [6.45, 7) is 0. The number of carbonyl (C=O) groups is 1. The van der Waals surface area contributed by atoms with Crippen LogP contribution in [0.1, 0.15) is 60.7 Å². The van der Waals surface area contributed by atoms with Crippen LogP contribution < -0.4 is 5.32 Å². The van der Waals surface area contributed by atoms with Crippen LogP contribution >= 0.6 is 0 Å². The summed E-state index contributed by atoms with van der Waals surface area (Å²) in [6, 6.07) is 5.88. The van der Waals surface area contributed by atoms with Crippen molar-refractivity contribution >= 4 is 17.0 Å². The molecule has 2 saturated carbocycles. The number of aromatic nitrogens is 1. The molecule has 4 rings (SSSR count). The fourth-order valence-electron chi connectivity index (χ4n) is 2.93. The molecule has 1 aromatic carbocycles. The van der Waals surface area contributed by atoms with Crippen LogP contribution in [0.15, 0.2) is 22.6 Å². The Bertz CT molecular complexity index is 652. The molecular weight excluding hydrogens is 252 g/mol. The molecule has 4 nitrogen and oxygen atoms in total. The van der Waals surface area contributed by atoms with Gasteiger partial charge in [-0.25, -0.2) is 4.98 Å². The molecule has 20 heavy (non-hydrogen) atoms. The molecule has 1 aromatic heterocycles. The van der Waals surface area contributed by atoms with Crippen LogP contribution in [0.3, 0.4) is 0 Å². The van der Waals surface area contributed by atoms with Crippen molar-refractivity contribution in [1.82, 2.24) is 10.3 Å². The van der Waals surface area contributed by atoms with Crippen molar-refractivity contribution in [2.24, 2.45) is 0 Å². The van der Waals surface area contributed by atoms with Crippen LogP contribution in [0.4, 0.5) is 0 Å². The first kappa shape index (κ1) is 11.9. The van der Waals surface area contributed by atoms with Gasteiger partial charge in [-0.3, -0.25) is 4.79 Å². The second kappa shape index (κ2) is 4.62. The zero-order chi connectivity index (χ0) is 13.5. The van der Waals surface area contributed by atoms with Gasteiger partial charge in [0.25, 0.3) is 5.91 Å². The minimum absolute atomic E-state index is 0.00294. The molecule has 1 amide bonds. The Kier molecular flexibility index (Phi) is 2.76. The van der Waals surface area contributed by atoms with Gasteiger partial charge in [-0.15, -0.1) is 0 Å². The van der Waals surface area contributed by atoms with Gasteiger partial charge in [0.1, 0.15) is 5.52 Å². The molecule has 2 aliphatic rings. The maximum atomic E-state index is 12.2. The average molecular weight is 270 g/mol. The molecule has 0 atom stereocenters. The molecule has 1 heterocycles. The topological polar surface area (TPSA) is 55.1 Å². The van der Waals surface area contributed by atoms with Gasteiger partial charge in [0.15, 0.2) is 11.5 Å². The van der Waals surface area contributed by atoms with E-state index in [1.165, 1.54) is 25.7 Å². The number of oxazole rings is 1. The van der Waals surface area contributed by atoms with E-state index < -0.39 is 0 Å². The molecule has 0 radical (unpaired) electrons. The molecule has 104 valence electrons. The molecule has 0 spiro atoms. The van der Waals surface area contributed by atoms with Crippen LogP contribution in [0.25, 0.3) is 11.1 Å². The maximum absolute atomic E-state index is 12.2. The summed E-state index contributed by atoms with van der Waals surface area (Å²) >= 11 is 0. The van der Waals surface area contributed by atoms with Crippen LogP contribution in [-0.4, -0.2) is 16.9 Å². The highest BCUT2D eigenvalue weighted by Gasteiger charge is 2.29. The average Bonchev–Trinajstić information content (AvgIpc) is 3.01.